The van der Waals surface area contributed by atoms with Crippen LogP contribution in [0.1, 0.15) is 44.0 Å². The summed E-state index contributed by atoms with van der Waals surface area (Å²) in [6.45, 7) is 6.32. The van der Waals surface area contributed by atoms with Gasteiger partial charge in [0.05, 0.1) is 5.41 Å². The Labute approximate surface area is 97.2 Å². The highest BCUT2D eigenvalue weighted by molar-refractivity contribution is 6.02. The number of ketones is 1. The molecule has 0 unspecified atom stereocenters. The zero-order valence-electron chi connectivity index (χ0n) is 10.2. The molecular weight excluding hydrogens is 196 g/mol. The van der Waals surface area contributed by atoms with Crippen LogP contribution in [0.15, 0.2) is 41.5 Å². The normalized spacial score (nSPS) is 24.9. The Morgan fingerprint density at radius 2 is 1.81 bits per heavy atom. The third-order valence-corrected chi connectivity index (χ3v) is 4.00. The highest BCUT2D eigenvalue weighted by Crippen LogP contribution is 2.44. The number of hydrogen-bond donors (Lipinski definition) is 0. The molecule has 0 aliphatic heterocycles. The third-order valence-electron chi connectivity index (χ3n) is 4.00. The molecule has 0 spiro atoms. The maximum absolute atomic E-state index is 12.5. The van der Waals surface area contributed by atoms with Crippen molar-refractivity contribution in [1.29, 1.82) is 0 Å². The number of hydrogen-bond acceptors (Lipinski definition) is 1. The van der Waals surface area contributed by atoms with E-state index < -0.39 is 0 Å². The van der Waals surface area contributed by atoms with Gasteiger partial charge in [0, 0.05) is 5.56 Å². The second-order valence-corrected chi connectivity index (χ2v) is 4.93. The summed E-state index contributed by atoms with van der Waals surface area (Å²) in [4.78, 5) is 12.5. The first-order chi connectivity index (χ1) is 7.55. The second kappa shape index (κ2) is 3.89. The minimum Gasteiger partial charge on any atom is -0.293 e. The van der Waals surface area contributed by atoms with Crippen LogP contribution in [0.25, 0.3) is 0 Å². The van der Waals surface area contributed by atoms with E-state index >= 15 is 0 Å². The molecule has 1 aromatic carbocycles. The summed E-state index contributed by atoms with van der Waals surface area (Å²) < 4.78 is 0. The van der Waals surface area contributed by atoms with Crippen molar-refractivity contribution >= 4 is 5.78 Å². The van der Waals surface area contributed by atoms with Gasteiger partial charge in [-0.15, -0.1) is 0 Å². The van der Waals surface area contributed by atoms with E-state index in [-0.39, 0.29) is 11.2 Å². The smallest absolute Gasteiger partial charge is 0.172 e. The van der Waals surface area contributed by atoms with Gasteiger partial charge in [-0.2, -0.15) is 0 Å². The molecule has 0 heterocycles. The second-order valence-electron chi connectivity index (χ2n) is 4.93. The van der Waals surface area contributed by atoms with Crippen molar-refractivity contribution in [3.8, 4) is 0 Å². The van der Waals surface area contributed by atoms with Gasteiger partial charge in [0.25, 0.3) is 0 Å². The van der Waals surface area contributed by atoms with Crippen LogP contribution in [-0.2, 0) is 0 Å². The summed E-state index contributed by atoms with van der Waals surface area (Å²) in [6.07, 6.45) is 2.01. The first-order valence-corrected chi connectivity index (χ1v) is 5.82. The van der Waals surface area contributed by atoms with E-state index in [4.69, 9.17) is 0 Å². The molecule has 0 amide bonds. The van der Waals surface area contributed by atoms with E-state index in [1.54, 1.807) is 0 Å². The SMILES string of the molecule is CC1=C(C)[C@](C)(C(=O)c2ccccc2)CC1. The van der Waals surface area contributed by atoms with Gasteiger partial charge >= 0.3 is 0 Å². The van der Waals surface area contributed by atoms with E-state index in [1.165, 1.54) is 11.1 Å². The van der Waals surface area contributed by atoms with Crippen LogP contribution in [0.5, 0.6) is 0 Å². The molecule has 1 heteroatoms. The van der Waals surface area contributed by atoms with Crippen molar-refractivity contribution in [2.75, 3.05) is 0 Å². The van der Waals surface area contributed by atoms with E-state index in [1.807, 2.05) is 30.3 Å². The molecule has 1 aliphatic rings. The molecule has 16 heavy (non-hydrogen) atoms. The lowest BCUT2D eigenvalue weighted by Gasteiger charge is -2.24. The Hall–Kier alpha value is -1.37. The monoisotopic (exact) mass is 214 g/mol. The first kappa shape index (κ1) is 11.1. The third kappa shape index (κ3) is 1.60. The van der Waals surface area contributed by atoms with Crippen LogP contribution < -0.4 is 0 Å². The highest BCUT2D eigenvalue weighted by atomic mass is 16.1. The standard InChI is InChI=1S/C15H18O/c1-11-9-10-15(3,12(11)2)14(16)13-7-5-4-6-8-13/h4-8H,9-10H2,1-3H3/t15-/m1/s1. The summed E-state index contributed by atoms with van der Waals surface area (Å²) in [5.74, 6) is 0.266. The quantitative estimate of drug-likeness (QED) is 0.537. The average molecular weight is 214 g/mol. The van der Waals surface area contributed by atoms with Crippen molar-refractivity contribution in [3.63, 3.8) is 0 Å². The molecule has 0 bridgehead atoms. The fourth-order valence-electron chi connectivity index (χ4n) is 2.48. The largest absolute Gasteiger partial charge is 0.293 e. The van der Waals surface area contributed by atoms with E-state index in [9.17, 15) is 4.79 Å². The summed E-state index contributed by atoms with van der Waals surface area (Å²) in [5.41, 5.74) is 3.21. The number of rotatable bonds is 2. The maximum atomic E-state index is 12.5. The lowest BCUT2D eigenvalue weighted by Crippen LogP contribution is -2.26. The molecular formula is C15H18O. The van der Waals surface area contributed by atoms with Crippen LogP contribution in [0.4, 0.5) is 0 Å². The number of Topliss-reactive ketones (excluding diaryl/α,β-unsaturated/α-hetero) is 1. The lowest BCUT2D eigenvalue weighted by molar-refractivity contribution is 0.0858. The Morgan fingerprint density at radius 3 is 2.31 bits per heavy atom. The molecule has 84 valence electrons. The molecule has 2 rings (SSSR count). The van der Waals surface area contributed by atoms with Gasteiger partial charge in [-0.05, 0) is 33.6 Å². The summed E-state index contributed by atoms with van der Waals surface area (Å²) in [7, 11) is 0. The van der Waals surface area contributed by atoms with Gasteiger partial charge in [0.1, 0.15) is 0 Å². The van der Waals surface area contributed by atoms with Crippen molar-refractivity contribution in [1.82, 2.24) is 0 Å². The van der Waals surface area contributed by atoms with E-state index in [0.29, 0.717) is 0 Å². The highest BCUT2D eigenvalue weighted by Gasteiger charge is 2.39. The van der Waals surface area contributed by atoms with Crippen LogP contribution in [-0.4, -0.2) is 5.78 Å². The first-order valence-electron chi connectivity index (χ1n) is 5.82. The minimum absolute atomic E-state index is 0.266. The Bertz CT molecular complexity index is 442. The molecule has 0 fully saturated rings. The predicted molar refractivity (Wildman–Crippen MR) is 66.5 cm³/mol. The average Bonchev–Trinajstić information content (AvgIpc) is 2.59. The molecule has 1 atom stereocenters. The zero-order chi connectivity index (χ0) is 11.8. The number of benzene rings is 1. The Balaban J connectivity index is 2.37. The molecule has 1 nitrogen and oxygen atoms in total. The fraction of sp³-hybridized carbons (Fsp3) is 0.400. The molecule has 0 aromatic heterocycles. The summed E-state index contributed by atoms with van der Waals surface area (Å²) in [5, 5.41) is 0. The molecule has 0 radical (unpaired) electrons. The van der Waals surface area contributed by atoms with Gasteiger partial charge in [0.2, 0.25) is 0 Å². The number of carbonyl (C=O) groups is 1. The maximum Gasteiger partial charge on any atom is 0.172 e. The van der Waals surface area contributed by atoms with Gasteiger partial charge in [-0.1, -0.05) is 41.5 Å². The molecule has 1 aromatic rings. The zero-order valence-corrected chi connectivity index (χ0v) is 10.2. The van der Waals surface area contributed by atoms with Crippen molar-refractivity contribution in [2.24, 2.45) is 5.41 Å². The Morgan fingerprint density at radius 1 is 1.19 bits per heavy atom. The van der Waals surface area contributed by atoms with Crippen molar-refractivity contribution < 1.29 is 4.79 Å². The summed E-state index contributed by atoms with van der Waals surface area (Å²) in [6, 6.07) is 9.62. The topological polar surface area (TPSA) is 17.1 Å². The predicted octanol–water partition coefficient (Wildman–Crippen LogP) is 4.01. The van der Waals surface area contributed by atoms with Gasteiger partial charge in [-0.3, -0.25) is 4.79 Å². The van der Waals surface area contributed by atoms with E-state index in [0.717, 1.165) is 18.4 Å². The van der Waals surface area contributed by atoms with Gasteiger partial charge < -0.3 is 0 Å². The van der Waals surface area contributed by atoms with Gasteiger partial charge in [-0.25, -0.2) is 0 Å². The van der Waals surface area contributed by atoms with Crippen LogP contribution in [0.2, 0.25) is 0 Å². The van der Waals surface area contributed by atoms with Gasteiger partial charge in [0.15, 0.2) is 5.78 Å². The fourth-order valence-corrected chi connectivity index (χ4v) is 2.48. The minimum atomic E-state index is -0.272. The molecule has 0 saturated carbocycles. The van der Waals surface area contributed by atoms with Crippen molar-refractivity contribution in [2.45, 2.75) is 33.6 Å². The molecule has 1 aliphatic carbocycles. The lowest BCUT2D eigenvalue weighted by atomic mass is 9.77. The van der Waals surface area contributed by atoms with Crippen molar-refractivity contribution in [3.05, 3.63) is 47.0 Å². The van der Waals surface area contributed by atoms with Crippen LogP contribution in [0, 0.1) is 5.41 Å². The number of allylic oxidation sites excluding steroid dienone is 2. The number of carbonyl (C=O) groups excluding carboxylic acids is 1. The molecule has 0 saturated heterocycles. The van der Waals surface area contributed by atoms with Crippen LogP contribution >= 0.6 is 0 Å². The summed E-state index contributed by atoms with van der Waals surface area (Å²) >= 11 is 0. The van der Waals surface area contributed by atoms with Crippen LogP contribution in [0.3, 0.4) is 0 Å². The molecule has 0 N–H and O–H groups in total. The Kier molecular flexibility index (Phi) is 2.71. The van der Waals surface area contributed by atoms with E-state index in [2.05, 4.69) is 20.8 Å².